The van der Waals surface area contributed by atoms with Crippen molar-refractivity contribution >= 4 is 17.5 Å². The summed E-state index contributed by atoms with van der Waals surface area (Å²) in [6.45, 7) is -0.412. The number of aliphatic hydroxyl groups is 1. The molecule has 0 saturated heterocycles. The molecule has 11 heteroatoms. The molecular weight excluding hydrogens is 471 g/mol. The van der Waals surface area contributed by atoms with Gasteiger partial charge < -0.3 is 15.0 Å². The smallest absolute Gasteiger partial charge is 0.374 e. The zero-order chi connectivity index (χ0) is 24.5. The molecule has 4 rings (SSSR count). The molecule has 2 heterocycles. The Bertz CT molecular complexity index is 1170. The number of nitrogens with one attached hydrogen (secondary N) is 1. The monoisotopic (exact) mass is 495 g/mol. The van der Waals surface area contributed by atoms with Gasteiger partial charge in [-0.3, -0.25) is 4.79 Å². The fourth-order valence-electron chi connectivity index (χ4n) is 4.34. The van der Waals surface area contributed by atoms with E-state index in [1.807, 2.05) is 0 Å². The van der Waals surface area contributed by atoms with Crippen LogP contribution in [-0.4, -0.2) is 43.1 Å². The first kappa shape index (κ1) is 24.3. The Morgan fingerprint density at radius 3 is 2.53 bits per heavy atom. The van der Waals surface area contributed by atoms with Crippen LogP contribution in [0.3, 0.4) is 0 Å². The predicted octanol–water partition coefficient (Wildman–Crippen LogP) is 4.10. The van der Waals surface area contributed by atoms with Crippen molar-refractivity contribution in [1.29, 1.82) is 0 Å². The summed E-state index contributed by atoms with van der Waals surface area (Å²) < 4.78 is 44.1. The second-order valence-electron chi connectivity index (χ2n) is 8.45. The summed E-state index contributed by atoms with van der Waals surface area (Å²) in [6, 6.07) is 7.07. The lowest BCUT2D eigenvalue weighted by molar-refractivity contribution is -0.272. The van der Waals surface area contributed by atoms with Crippen LogP contribution in [0.2, 0.25) is 5.02 Å². The summed E-state index contributed by atoms with van der Waals surface area (Å²) in [5.41, 5.74) is -0.523. The molecule has 0 saturated carbocycles. The van der Waals surface area contributed by atoms with Crippen LogP contribution in [0.15, 0.2) is 36.7 Å². The normalized spacial score (nSPS) is 15.9. The molecule has 0 aliphatic heterocycles. The second kappa shape index (κ2) is 9.42. The number of aryl methyl sites for hydroxylation is 1. The average molecular weight is 496 g/mol. The molecule has 3 aromatic rings. The number of rotatable bonds is 6. The van der Waals surface area contributed by atoms with Crippen molar-refractivity contribution in [3.05, 3.63) is 64.5 Å². The predicted molar refractivity (Wildman–Crippen MR) is 120 cm³/mol. The molecule has 0 radical (unpaired) electrons. The van der Waals surface area contributed by atoms with Gasteiger partial charge in [0.1, 0.15) is 5.82 Å². The van der Waals surface area contributed by atoms with Gasteiger partial charge >= 0.3 is 6.18 Å². The van der Waals surface area contributed by atoms with Gasteiger partial charge in [-0.2, -0.15) is 18.3 Å². The van der Waals surface area contributed by atoms with E-state index in [4.69, 9.17) is 11.6 Å². The maximum absolute atomic E-state index is 13.7. The molecule has 2 aromatic heterocycles. The first-order valence-corrected chi connectivity index (χ1v) is 11.4. The quantitative estimate of drug-likeness (QED) is 0.504. The Balaban J connectivity index is 1.57. The lowest BCUT2D eigenvalue weighted by Crippen LogP contribution is -2.46. The van der Waals surface area contributed by atoms with E-state index in [-0.39, 0.29) is 5.69 Å². The number of hydrogen-bond acceptors (Lipinski definition) is 4. The number of nitrogens with zero attached hydrogens (tertiary/aromatic N) is 4. The Morgan fingerprint density at radius 1 is 1.18 bits per heavy atom. The number of aromatic nitrogens is 4. The number of carbonyl (C=O) groups is 1. The van der Waals surface area contributed by atoms with E-state index in [9.17, 15) is 23.1 Å². The van der Waals surface area contributed by atoms with Gasteiger partial charge in [-0.15, -0.1) is 0 Å². The van der Waals surface area contributed by atoms with Crippen molar-refractivity contribution in [1.82, 2.24) is 24.6 Å². The van der Waals surface area contributed by atoms with Crippen LogP contribution in [0.1, 0.15) is 53.3 Å². The topological polar surface area (TPSA) is 85.0 Å². The first-order valence-electron chi connectivity index (χ1n) is 11.0. The van der Waals surface area contributed by atoms with E-state index in [0.29, 0.717) is 11.4 Å². The van der Waals surface area contributed by atoms with Gasteiger partial charge in [0.15, 0.2) is 5.69 Å². The maximum Gasteiger partial charge on any atom is 0.424 e. The third kappa shape index (κ3) is 4.56. The number of halogens is 4. The van der Waals surface area contributed by atoms with Gasteiger partial charge in [0.05, 0.1) is 5.69 Å². The van der Waals surface area contributed by atoms with Gasteiger partial charge in [0.25, 0.3) is 5.91 Å². The minimum atomic E-state index is -4.97. The van der Waals surface area contributed by atoms with E-state index in [1.54, 1.807) is 28.9 Å². The molecule has 0 fully saturated rings. The van der Waals surface area contributed by atoms with E-state index in [2.05, 4.69) is 15.4 Å². The van der Waals surface area contributed by atoms with Crippen LogP contribution < -0.4 is 5.32 Å². The molecule has 1 aromatic carbocycles. The van der Waals surface area contributed by atoms with Crippen LogP contribution >= 0.6 is 11.6 Å². The van der Waals surface area contributed by atoms with Crippen molar-refractivity contribution in [3.63, 3.8) is 0 Å². The molecule has 1 aliphatic rings. The zero-order valence-electron chi connectivity index (χ0n) is 18.6. The molecule has 34 heavy (non-hydrogen) atoms. The van der Waals surface area contributed by atoms with Gasteiger partial charge in [0, 0.05) is 48.7 Å². The number of fused-ring (bicyclic) bond motifs is 1. The highest BCUT2D eigenvalue weighted by Gasteiger charge is 2.57. The summed E-state index contributed by atoms with van der Waals surface area (Å²) in [5, 5.41) is 18.1. The molecule has 2 N–H and O–H groups in total. The standard InChI is InChI=1S/C23H25ClF3N5O2/c1-31-14-13-29-21(31)22(34,23(25,26)27)11-12-28-20(33)19-17-5-3-2-4-6-18(17)32(30-19)16-9-7-15(24)8-10-16/h7-10,13-14,34H,2-6,11-12H2,1H3,(H,28,33). The van der Waals surface area contributed by atoms with E-state index >= 15 is 0 Å². The van der Waals surface area contributed by atoms with Crippen molar-refractivity contribution in [2.24, 2.45) is 7.05 Å². The van der Waals surface area contributed by atoms with Crippen molar-refractivity contribution in [2.45, 2.75) is 50.3 Å². The Hall–Kier alpha value is -2.85. The summed E-state index contributed by atoms with van der Waals surface area (Å²) in [6.07, 6.45) is 1.02. The summed E-state index contributed by atoms with van der Waals surface area (Å²) in [5.74, 6) is -1.11. The van der Waals surface area contributed by atoms with Crippen molar-refractivity contribution in [2.75, 3.05) is 6.54 Å². The molecule has 1 unspecified atom stereocenters. The van der Waals surface area contributed by atoms with E-state index in [0.717, 1.165) is 47.2 Å². The lowest BCUT2D eigenvalue weighted by Gasteiger charge is -2.29. The van der Waals surface area contributed by atoms with Crippen LogP contribution in [0.4, 0.5) is 13.2 Å². The fourth-order valence-corrected chi connectivity index (χ4v) is 4.47. The van der Waals surface area contributed by atoms with Gasteiger partial charge in [-0.1, -0.05) is 18.0 Å². The first-order chi connectivity index (χ1) is 16.1. The zero-order valence-corrected chi connectivity index (χ0v) is 19.3. The molecule has 182 valence electrons. The summed E-state index contributed by atoms with van der Waals surface area (Å²) in [4.78, 5) is 16.7. The molecule has 0 bridgehead atoms. The highest BCUT2D eigenvalue weighted by atomic mass is 35.5. The molecule has 7 nitrogen and oxygen atoms in total. The molecule has 1 amide bonds. The molecule has 1 aliphatic carbocycles. The minimum absolute atomic E-state index is 0.194. The number of carbonyl (C=O) groups excluding carboxylic acids is 1. The number of benzene rings is 1. The number of alkyl halides is 3. The van der Waals surface area contributed by atoms with Crippen molar-refractivity contribution in [3.8, 4) is 5.69 Å². The Morgan fingerprint density at radius 2 is 1.88 bits per heavy atom. The highest BCUT2D eigenvalue weighted by Crippen LogP contribution is 2.40. The van der Waals surface area contributed by atoms with Gasteiger partial charge in [-0.05, 0) is 49.9 Å². The Labute approximate surface area is 199 Å². The second-order valence-corrected chi connectivity index (χ2v) is 8.88. The third-order valence-corrected chi connectivity index (χ3v) is 6.40. The van der Waals surface area contributed by atoms with Gasteiger partial charge in [-0.25, -0.2) is 9.67 Å². The third-order valence-electron chi connectivity index (χ3n) is 6.15. The van der Waals surface area contributed by atoms with Crippen LogP contribution in [0.5, 0.6) is 0 Å². The molecular formula is C23H25ClF3N5O2. The lowest BCUT2D eigenvalue weighted by atomic mass is 9.97. The number of amides is 1. The van der Waals surface area contributed by atoms with Crippen LogP contribution in [0, 0.1) is 0 Å². The molecule has 1 atom stereocenters. The number of imidazole rings is 1. The largest absolute Gasteiger partial charge is 0.424 e. The van der Waals surface area contributed by atoms with E-state index < -0.39 is 36.5 Å². The summed E-state index contributed by atoms with van der Waals surface area (Å²) in [7, 11) is 1.37. The summed E-state index contributed by atoms with van der Waals surface area (Å²) >= 11 is 6.00. The van der Waals surface area contributed by atoms with Gasteiger partial charge in [0.2, 0.25) is 5.60 Å². The highest BCUT2D eigenvalue weighted by molar-refractivity contribution is 6.30. The Kier molecular flexibility index (Phi) is 6.73. The average Bonchev–Trinajstić information content (AvgIpc) is 3.29. The molecule has 0 spiro atoms. The van der Waals surface area contributed by atoms with Crippen molar-refractivity contribution < 1.29 is 23.1 Å². The number of hydrogen-bond donors (Lipinski definition) is 2. The SMILES string of the molecule is Cn1ccnc1C(O)(CCNC(=O)c1nn(-c2ccc(Cl)cc2)c2c1CCCCC2)C(F)(F)F. The maximum atomic E-state index is 13.7. The van der Waals surface area contributed by atoms with Crippen LogP contribution in [0.25, 0.3) is 5.69 Å². The fraction of sp³-hybridized carbons (Fsp3) is 0.435. The minimum Gasteiger partial charge on any atom is -0.374 e. The van der Waals surface area contributed by atoms with Crippen LogP contribution in [-0.2, 0) is 25.5 Å². The van der Waals surface area contributed by atoms with E-state index in [1.165, 1.54) is 19.4 Å².